The molecular formula is C26H32N4OS. The first-order valence-electron chi connectivity index (χ1n) is 11.4. The van der Waals surface area contributed by atoms with E-state index in [-0.39, 0.29) is 11.3 Å². The summed E-state index contributed by atoms with van der Waals surface area (Å²) in [5.41, 5.74) is 4.48. The molecule has 168 valence electrons. The molecule has 0 spiro atoms. The smallest absolute Gasteiger partial charge is 0.234 e. The van der Waals surface area contributed by atoms with E-state index < -0.39 is 0 Å². The number of amides is 1. The molecule has 0 unspecified atom stereocenters. The van der Waals surface area contributed by atoms with Crippen LogP contribution in [0.5, 0.6) is 0 Å². The number of hydrogen-bond acceptors (Lipinski definition) is 4. The highest BCUT2D eigenvalue weighted by molar-refractivity contribution is 7.99. The van der Waals surface area contributed by atoms with Crippen LogP contribution in [-0.4, -0.2) is 26.4 Å². The molecule has 0 aliphatic heterocycles. The lowest BCUT2D eigenvalue weighted by Gasteiger charge is -2.20. The van der Waals surface area contributed by atoms with Crippen LogP contribution in [0, 0.1) is 6.92 Å². The Kier molecular flexibility index (Phi) is 6.70. The molecule has 1 heterocycles. The number of nitrogens with one attached hydrogen (secondary N) is 1. The van der Waals surface area contributed by atoms with Gasteiger partial charge in [-0.3, -0.25) is 9.36 Å². The predicted molar refractivity (Wildman–Crippen MR) is 132 cm³/mol. The molecule has 1 aromatic heterocycles. The highest BCUT2D eigenvalue weighted by atomic mass is 32.2. The molecule has 32 heavy (non-hydrogen) atoms. The number of nitrogens with zero attached hydrogens (tertiary/aromatic N) is 3. The maximum Gasteiger partial charge on any atom is 0.234 e. The molecule has 1 amide bonds. The summed E-state index contributed by atoms with van der Waals surface area (Å²) in [5.74, 6) is 1.18. The maximum atomic E-state index is 12.5. The van der Waals surface area contributed by atoms with Gasteiger partial charge in [-0.1, -0.05) is 87.3 Å². The highest BCUT2D eigenvalue weighted by Gasteiger charge is 2.25. The van der Waals surface area contributed by atoms with Crippen LogP contribution in [0.2, 0.25) is 0 Å². The summed E-state index contributed by atoms with van der Waals surface area (Å²) >= 11 is 1.46. The van der Waals surface area contributed by atoms with E-state index in [2.05, 4.69) is 65.1 Å². The first-order valence-corrected chi connectivity index (χ1v) is 12.3. The third-order valence-corrected chi connectivity index (χ3v) is 6.97. The van der Waals surface area contributed by atoms with E-state index in [9.17, 15) is 4.79 Å². The number of thioether (sulfide) groups is 1. The molecule has 1 saturated carbocycles. The Labute approximate surface area is 195 Å². The fraction of sp³-hybridized carbons (Fsp3) is 0.423. The topological polar surface area (TPSA) is 59.8 Å². The van der Waals surface area contributed by atoms with Crippen molar-refractivity contribution in [1.82, 2.24) is 14.8 Å². The first kappa shape index (κ1) is 22.6. The standard InChI is InChI=1S/C26H32N4OS/c1-18-9-15-21(16-10-18)27-23(31)17-32-25-29-28-24(30(25)22-7-5-6-8-22)19-11-13-20(14-12-19)26(2,3)4/h9-16,22H,5-8,17H2,1-4H3,(H,27,31). The van der Waals surface area contributed by atoms with Crippen LogP contribution < -0.4 is 5.32 Å². The molecule has 0 radical (unpaired) electrons. The molecule has 4 rings (SSSR count). The average Bonchev–Trinajstić information content (AvgIpc) is 3.43. The summed E-state index contributed by atoms with van der Waals surface area (Å²) in [7, 11) is 0. The van der Waals surface area contributed by atoms with Gasteiger partial charge < -0.3 is 5.32 Å². The maximum absolute atomic E-state index is 12.5. The second-order valence-electron chi connectivity index (χ2n) is 9.64. The van der Waals surface area contributed by atoms with E-state index >= 15 is 0 Å². The highest BCUT2D eigenvalue weighted by Crippen LogP contribution is 2.37. The molecule has 1 N–H and O–H groups in total. The lowest BCUT2D eigenvalue weighted by molar-refractivity contribution is -0.113. The van der Waals surface area contributed by atoms with Gasteiger partial charge in [0.25, 0.3) is 0 Å². The van der Waals surface area contributed by atoms with E-state index in [1.165, 1.54) is 35.7 Å². The molecular weight excluding hydrogens is 416 g/mol. The zero-order valence-corrected chi connectivity index (χ0v) is 20.2. The van der Waals surface area contributed by atoms with Crippen molar-refractivity contribution >= 4 is 23.4 Å². The Morgan fingerprint density at radius 1 is 1.03 bits per heavy atom. The van der Waals surface area contributed by atoms with Gasteiger partial charge in [-0.25, -0.2) is 0 Å². The second-order valence-corrected chi connectivity index (χ2v) is 10.6. The first-order chi connectivity index (χ1) is 15.3. The summed E-state index contributed by atoms with van der Waals surface area (Å²) in [6.07, 6.45) is 4.72. The Morgan fingerprint density at radius 3 is 2.31 bits per heavy atom. The minimum atomic E-state index is -0.0316. The third-order valence-electron chi connectivity index (χ3n) is 6.03. The molecule has 1 aliphatic rings. The minimum Gasteiger partial charge on any atom is -0.325 e. The number of carbonyl (C=O) groups excluding carboxylic acids is 1. The van der Waals surface area contributed by atoms with Crippen molar-refractivity contribution < 1.29 is 4.79 Å². The monoisotopic (exact) mass is 448 g/mol. The van der Waals surface area contributed by atoms with Gasteiger partial charge in [0.1, 0.15) is 0 Å². The van der Waals surface area contributed by atoms with Crippen molar-refractivity contribution in [2.75, 3.05) is 11.1 Å². The molecule has 0 bridgehead atoms. The average molecular weight is 449 g/mol. The molecule has 3 aromatic rings. The third kappa shape index (κ3) is 5.23. The van der Waals surface area contributed by atoms with Crippen molar-refractivity contribution in [2.24, 2.45) is 0 Å². The van der Waals surface area contributed by atoms with Crippen LogP contribution in [0.3, 0.4) is 0 Å². The zero-order chi connectivity index (χ0) is 22.7. The Balaban J connectivity index is 1.53. The molecule has 0 saturated heterocycles. The SMILES string of the molecule is Cc1ccc(NC(=O)CSc2nnc(-c3ccc(C(C)(C)C)cc3)n2C2CCCC2)cc1. The summed E-state index contributed by atoms with van der Waals surface area (Å²) in [6, 6.07) is 16.9. The molecule has 6 heteroatoms. The summed E-state index contributed by atoms with van der Waals surface area (Å²) in [4.78, 5) is 12.5. The van der Waals surface area contributed by atoms with Crippen LogP contribution in [0.1, 0.15) is 63.6 Å². The lowest BCUT2D eigenvalue weighted by atomic mass is 9.86. The number of hydrogen-bond donors (Lipinski definition) is 1. The van der Waals surface area contributed by atoms with Gasteiger partial charge in [0, 0.05) is 17.3 Å². The van der Waals surface area contributed by atoms with Crippen molar-refractivity contribution in [1.29, 1.82) is 0 Å². The lowest BCUT2D eigenvalue weighted by Crippen LogP contribution is -2.15. The van der Waals surface area contributed by atoms with Gasteiger partial charge in [0.2, 0.25) is 5.91 Å². The van der Waals surface area contributed by atoms with E-state index in [0.717, 1.165) is 35.1 Å². The predicted octanol–water partition coefficient (Wildman–Crippen LogP) is 6.40. The molecule has 2 aromatic carbocycles. The Bertz CT molecular complexity index is 1060. The van der Waals surface area contributed by atoms with E-state index in [1.54, 1.807) is 0 Å². The minimum absolute atomic E-state index is 0.0316. The number of anilines is 1. The van der Waals surface area contributed by atoms with Crippen LogP contribution in [0.25, 0.3) is 11.4 Å². The van der Waals surface area contributed by atoms with E-state index in [0.29, 0.717) is 11.8 Å². The largest absolute Gasteiger partial charge is 0.325 e. The Hall–Kier alpha value is -2.60. The number of rotatable bonds is 6. The van der Waals surface area contributed by atoms with Crippen molar-refractivity contribution in [3.8, 4) is 11.4 Å². The zero-order valence-electron chi connectivity index (χ0n) is 19.4. The van der Waals surface area contributed by atoms with Crippen LogP contribution in [-0.2, 0) is 10.2 Å². The Morgan fingerprint density at radius 2 is 1.69 bits per heavy atom. The number of aryl methyl sites for hydroxylation is 1. The fourth-order valence-electron chi connectivity index (χ4n) is 4.15. The van der Waals surface area contributed by atoms with E-state index in [4.69, 9.17) is 0 Å². The number of aromatic nitrogens is 3. The summed E-state index contributed by atoms with van der Waals surface area (Å²) < 4.78 is 2.27. The molecule has 0 atom stereocenters. The van der Waals surface area contributed by atoms with Gasteiger partial charge in [-0.05, 0) is 42.9 Å². The van der Waals surface area contributed by atoms with E-state index in [1.807, 2.05) is 31.2 Å². The molecule has 1 fully saturated rings. The van der Waals surface area contributed by atoms with Gasteiger partial charge in [0.05, 0.1) is 5.75 Å². The number of benzene rings is 2. The number of carbonyl (C=O) groups is 1. The van der Waals surface area contributed by atoms with Crippen LogP contribution >= 0.6 is 11.8 Å². The van der Waals surface area contributed by atoms with Crippen molar-refractivity contribution in [2.45, 2.75) is 70.0 Å². The van der Waals surface area contributed by atoms with Gasteiger partial charge in [-0.15, -0.1) is 10.2 Å². The fourth-order valence-corrected chi connectivity index (χ4v) is 4.95. The molecule has 5 nitrogen and oxygen atoms in total. The quantitative estimate of drug-likeness (QED) is 0.444. The normalized spacial score (nSPS) is 14.6. The van der Waals surface area contributed by atoms with Crippen molar-refractivity contribution in [3.05, 3.63) is 59.7 Å². The van der Waals surface area contributed by atoms with Crippen LogP contribution in [0.4, 0.5) is 5.69 Å². The summed E-state index contributed by atoms with van der Waals surface area (Å²) in [5, 5.41) is 12.8. The van der Waals surface area contributed by atoms with Crippen molar-refractivity contribution in [3.63, 3.8) is 0 Å². The van der Waals surface area contributed by atoms with Gasteiger partial charge in [-0.2, -0.15) is 0 Å². The second kappa shape index (κ2) is 9.49. The van der Waals surface area contributed by atoms with Gasteiger partial charge >= 0.3 is 0 Å². The molecule has 1 aliphatic carbocycles. The summed E-state index contributed by atoms with van der Waals surface area (Å²) in [6.45, 7) is 8.70. The van der Waals surface area contributed by atoms with Crippen LogP contribution in [0.15, 0.2) is 53.7 Å². The van der Waals surface area contributed by atoms with Gasteiger partial charge in [0.15, 0.2) is 11.0 Å².